The lowest BCUT2D eigenvalue weighted by atomic mass is 9.90. The van der Waals surface area contributed by atoms with Gasteiger partial charge in [-0.3, -0.25) is 0 Å². The third-order valence-corrected chi connectivity index (χ3v) is 5.12. The summed E-state index contributed by atoms with van der Waals surface area (Å²) in [6.07, 6.45) is 11.9. The molecule has 1 saturated heterocycles. The highest BCUT2D eigenvalue weighted by Gasteiger charge is 2.30. The van der Waals surface area contributed by atoms with Gasteiger partial charge in [0.15, 0.2) is 0 Å². The Balaban J connectivity index is 1.72. The van der Waals surface area contributed by atoms with Crippen molar-refractivity contribution in [2.75, 3.05) is 25.0 Å². The number of anilines is 1. The zero-order chi connectivity index (χ0) is 13.3. The lowest BCUT2D eigenvalue weighted by Gasteiger charge is -2.40. The topological polar surface area (TPSA) is 33.1 Å². The smallest absolute Gasteiger partial charge is 0.205 e. The molecule has 1 aromatic rings. The molecule has 0 bridgehead atoms. The van der Waals surface area contributed by atoms with Crippen LogP contribution < -0.4 is 10.2 Å². The van der Waals surface area contributed by atoms with Gasteiger partial charge in [0.1, 0.15) is 0 Å². The largest absolute Gasteiger partial charge is 0.342 e. The molecule has 0 aromatic carbocycles. The van der Waals surface area contributed by atoms with Gasteiger partial charge in [0.2, 0.25) is 5.95 Å². The molecule has 0 amide bonds. The Kier molecular flexibility index (Phi) is 3.52. The summed E-state index contributed by atoms with van der Waals surface area (Å²) in [4.78, 5) is 7.10. The summed E-state index contributed by atoms with van der Waals surface area (Å²) in [6, 6.07) is 0.690. The van der Waals surface area contributed by atoms with Gasteiger partial charge >= 0.3 is 0 Å². The minimum atomic E-state index is 0.307. The molecule has 4 nitrogen and oxygen atoms in total. The molecule has 1 saturated carbocycles. The first kappa shape index (κ1) is 13.0. The molecule has 3 rings (SSSR count). The van der Waals surface area contributed by atoms with Crippen LogP contribution in [-0.4, -0.2) is 35.2 Å². The van der Waals surface area contributed by atoms with Crippen LogP contribution in [0, 0.1) is 0 Å². The van der Waals surface area contributed by atoms with E-state index in [1.165, 1.54) is 44.5 Å². The van der Waals surface area contributed by atoms with Gasteiger partial charge < -0.3 is 14.8 Å². The molecule has 1 aromatic heterocycles. The normalized spacial score (nSPS) is 24.0. The lowest BCUT2D eigenvalue weighted by molar-refractivity contribution is 0.301. The van der Waals surface area contributed by atoms with E-state index in [9.17, 15) is 0 Å². The third-order valence-electron chi connectivity index (χ3n) is 5.12. The summed E-state index contributed by atoms with van der Waals surface area (Å²) >= 11 is 0. The Bertz CT molecular complexity index is 412. The number of rotatable bonds is 3. The average molecular weight is 262 g/mol. The molecular weight excluding hydrogens is 236 g/mol. The van der Waals surface area contributed by atoms with Gasteiger partial charge in [-0.05, 0) is 39.7 Å². The van der Waals surface area contributed by atoms with E-state index in [2.05, 4.69) is 39.9 Å². The van der Waals surface area contributed by atoms with Gasteiger partial charge in [-0.15, -0.1) is 0 Å². The predicted molar refractivity (Wildman–Crippen MR) is 78.6 cm³/mol. The summed E-state index contributed by atoms with van der Waals surface area (Å²) in [6.45, 7) is 4.55. The van der Waals surface area contributed by atoms with Gasteiger partial charge in [0, 0.05) is 37.1 Å². The van der Waals surface area contributed by atoms with Crippen LogP contribution in [0.2, 0.25) is 0 Å². The number of aromatic nitrogens is 2. The van der Waals surface area contributed by atoms with Crippen LogP contribution in [0.5, 0.6) is 0 Å². The van der Waals surface area contributed by atoms with Crippen molar-refractivity contribution in [1.82, 2.24) is 14.9 Å². The fraction of sp³-hybridized carbons (Fsp3) is 0.800. The molecule has 106 valence electrons. The van der Waals surface area contributed by atoms with Crippen molar-refractivity contribution >= 4 is 5.95 Å². The fourth-order valence-electron chi connectivity index (χ4n) is 3.47. The average Bonchev–Trinajstić information content (AvgIpc) is 3.10. The van der Waals surface area contributed by atoms with Gasteiger partial charge in [-0.1, -0.05) is 12.8 Å². The fourth-order valence-corrected chi connectivity index (χ4v) is 3.47. The molecule has 2 fully saturated rings. The maximum Gasteiger partial charge on any atom is 0.205 e. The number of imidazole rings is 1. The van der Waals surface area contributed by atoms with Crippen LogP contribution >= 0.6 is 0 Å². The van der Waals surface area contributed by atoms with E-state index in [0.29, 0.717) is 11.6 Å². The van der Waals surface area contributed by atoms with E-state index in [-0.39, 0.29) is 0 Å². The van der Waals surface area contributed by atoms with E-state index in [0.717, 1.165) is 13.1 Å². The molecule has 0 spiro atoms. The number of nitrogens with one attached hydrogen (secondary N) is 1. The van der Waals surface area contributed by atoms with Crippen molar-refractivity contribution in [3.8, 4) is 0 Å². The summed E-state index contributed by atoms with van der Waals surface area (Å²) in [5, 5.41) is 3.46. The Morgan fingerprint density at radius 2 is 1.95 bits per heavy atom. The Morgan fingerprint density at radius 3 is 2.58 bits per heavy atom. The minimum absolute atomic E-state index is 0.307. The number of hydrogen-bond donors (Lipinski definition) is 1. The Hall–Kier alpha value is -1.03. The highest BCUT2D eigenvalue weighted by Crippen LogP contribution is 2.33. The maximum atomic E-state index is 4.63. The minimum Gasteiger partial charge on any atom is -0.342 e. The molecule has 0 unspecified atom stereocenters. The van der Waals surface area contributed by atoms with Crippen LogP contribution in [0.3, 0.4) is 0 Å². The standard InChI is InChI=1S/C15H26N4/c1-15(16-2)7-10-18(11-8-15)14-17-9-12-19(14)13-5-3-4-6-13/h9,12-13,16H,3-8,10-11H2,1-2H3. The lowest BCUT2D eigenvalue weighted by Crippen LogP contribution is -2.50. The summed E-state index contributed by atoms with van der Waals surface area (Å²) in [5.74, 6) is 1.20. The summed E-state index contributed by atoms with van der Waals surface area (Å²) in [7, 11) is 2.08. The molecule has 4 heteroatoms. The first-order valence-electron chi connectivity index (χ1n) is 7.68. The van der Waals surface area contributed by atoms with Crippen molar-refractivity contribution in [2.45, 2.75) is 57.0 Å². The first-order chi connectivity index (χ1) is 9.22. The molecule has 1 aliphatic carbocycles. The van der Waals surface area contributed by atoms with Gasteiger partial charge in [0.25, 0.3) is 0 Å². The molecule has 2 heterocycles. The van der Waals surface area contributed by atoms with Crippen LogP contribution in [0.1, 0.15) is 51.5 Å². The van der Waals surface area contributed by atoms with Crippen LogP contribution in [0.25, 0.3) is 0 Å². The second-order valence-electron chi connectivity index (χ2n) is 6.37. The highest BCUT2D eigenvalue weighted by molar-refractivity contribution is 5.33. The second kappa shape index (κ2) is 5.16. The predicted octanol–water partition coefficient (Wildman–Crippen LogP) is 2.58. The van der Waals surface area contributed by atoms with Crippen molar-refractivity contribution in [1.29, 1.82) is 0 Å². The van der Waals surface area contributed by atoms with Crippen molar-refractivity contribution in [3.63, 3.8) is 0 Å². The Morgan fingerprint density at radius 1 is 1.26 bits per heavy atom. The van der Waals surface area contributed by atoms with Crippen LogP contribution in [-0.2, 0) is 0 Å². The monoisotopic (exact) mass is 262 g/mol. The van der Waals surface area contributed by atoms with E-state index >= 15 is 0 Å². The van der Waals surface area contributed by atoms with Crippen molar-refractivity contribution in [3.05, 3.63) is 12.4 Å². The summed E-state index contributed by atoms with van der Waals surface area (Å²) < 4.78 is 2.43. The number of nitrogens with zero attached hydrogens (tertiary/aromatic N) is 3. The molecule has 0 radical (unpaired) electrons. The zero-order valence-electron chi connectivity index (χ0n) is 12.2. The van der Waals surface area contributed by atoms with Crippen molar-refractivity contribution < 1.29 is 0 Å². The van der Waals surface area contributed by atoms with Crippen molar-refractivity contribution in [2.24, 2.45) is 0 Å². The number of piperidine rings is 1. The molecule has 0 atom stereocenters. The van der Waals surface area contributed by atoms with Gasteiger partial charge in [-0.25, -0.2) is 4.98 Å². The molecular formula is C15H26N4. The molecule has 1 aliphatic heterocycles. The van der Waals surface area contributed by atoms with Gasteiger partial charge in [0.05, 0.1) is 0 Å². The summed E-state index contributed by atoms with van der Waals surface area (Å²) in [5.41, 5.74) is 0.307. The molecule has 1 N–H and O–H groups in total. The Labute approximate surface area is 116 Å². The number of hydrogen-bond acceptors (Lipinski definition) is 3. The second-order valence-corrected chi connectivity index (χ2v) is 6.37. The van der Waals surface area contributed by atoms with Crippen LogP contribution in [0.15, 0.2) is 12.4 Å². The zero-order valence-corrected chi connectivity index (χ0v) is 12.2. The third kappa shape index (κ3) is 2.50. The quantitative estimate of drug-likeness (QED) is 0.909. The van der Waals surface area contributed by atoms with Crippen LogP contribution in [0.4, 0.5) is 5.95 Å². The van der Waals surface area contributed by atoms with E-state index in [1.807, 2.05) is 6.20 Å². The van der Waals surface area contributed by atoms with E-state index in [1.54, 1.807) is 0 Å². The van der Waals surface area contributed by atoms with Gasteiger partial charge in [-0.2, -0.15) is 0 Å². The highest BCUT2D eigenvalue weighted by atomic mass is 15.3. The van der Waals surface area contributed by atoms with E-state index in [4.69, 9.17) is 0 Å². The van der Waals surface area contributed by atoms with E-state index < -0.39 is 0 Å². The first-order valence-corrected chi connectivity index (χ1v) is 7.68. The molecule has 19 heavy (non-hydrogen) atoms. The maximum absolute atomic E-state index is 4.63. The molecule has 2 aliphatic rings. The SMILES string of the molecule is CNC1(C)CCN(c2nccn2C2CCCC2)CC1.